The van der Waals surface area contributed by atoms with Crippen molar-refractivity contribution in [2.24, 2.45) is 12.8 Å². The van der Waals surface area contributed by atoms with Crippen molar-refractivity contribution in [3.8, 4) is 0 Å². The Hall–Kier alpha value is -2.05. The molecule has 2 N–H and O–H groups in total. The van der Waals surface area contributed by atoms with E-state index in [1.165, 1.54) is 11.3 Å². The van der Waals surface area contributed by atoms with Gasteiger partial charge in [-0.1, -0.05) is 12.1 Å². The van der Waals surface area contributed by atoms with Crippen molar-refractivity contribution in [2.75, 3.05) is 0 Å². The molecular formula is C14H14N4OS. The van der Waals surface area contributed by atoms with Crippen LogP contribution in [0.2, 0.25) is 0 Å². The number of ketones is 1. The van der Waals surface area contributed by atoms with Crippen molar-refractivity contribution < 1.29 is 4.79 Å². The largest absolute Gasteiger partial charge is 0.318 e. The predicted molar refractivity (Wildman–Crippen MR) is 78.5 cm³/mol. The lowest BCUT2D eigenvalue weighted by Gasteiger charge is -2.06. The first-order valence-corrected chi connectivity index (χ1v) is 7.06. The van der Waals surface area contributed by atoms with Gasteiger partial charge >= 0.3 is 0 Å². The van der Waals surface area contributed by atoms with E-state index < -0.39 is 6.04 Å². The zero-order valence-electron chi connectivity index (χ0n) is 11.0. The van der Waals surface area contributed by atoms with Crippen LogP contribution in [0.15, 0.2) is 36.7 Å². The second-order valence-electron chi connectivity index (χ2n) is 4.64. The van der Waals surface area contributed by atoms with Crippen LogP contribution in [0.5, 0.6) is 0 Å². The summed E-state index contributed by atoms with van der Waals surface area (Å²) in [5.74, 6) is -0.0444. The van der Waals surface area contributed by atoms with Gasteiger partial charge in [0.15, 0.2) is 5.78 Å². The first kappa shape index (κ1) is 13.0. The Morgan fingerprint density at radius 3 is 2.95 bits per heavy atom. The number of nitrogens with two attached hydrogens (primary N) is 1. The van der Waals surface area contributed by atoms with Crippen molar-refractivity contribution in [2.45, 2.75) is 12.5 Å². The summed E-state index contributed by atoms with van der Waals surface area (Å²) in [5, 5.41) is 4.83. The lowest BCUT2D eigenvalue weighted by Crippen LogP contribution is -2.22. The minimum Gasteiger partial charge on any atom is -0.318 e. The number of para-hydroxylation sites is 1. The second-order valence-corrected chi connectivity index (χ2v) is 5.76. The minimum atomic E-state index is -0.643. The summed E-state index contributed by atoms with van der Waals surface area (Å²) in [6, 6.07) is 7.21. The van der Waals surface area contributed by atoms with E-state index in [1.54, 1.807) is 24.1 Å². The Bertz CT molecular complexity index is 728. The van der Waals surface area contributed by atoms with E-state index in [0.717, 1.165) is 20.8 Å². The molecule has 0 aliphatic rings. The van der Waals surface area contributed by atoms with E-state index in [0.29, 0.717) is 0 Å². The van der Waals surface area contributed by atoms with Gasteiger partial charge in [-0.3, -0.25) is 9.48 Å². The summed E-state index contributed by atoms with van der Waals surface area (Å²) in [6.07, 6.45) is 3.65. The van der Waals surface area contributed by atoms with Crippen molar-refractivity contribution in [1.82, 2.24) is 14.8 Å². The zero-order valence-corrected chi connectivity index (χ0v) is 11.8. The highest BCUT2D eigenvalue weighted by Gasteiger charge is 2.19. The molecule has 0 aliphatic heterocycles. The molecule has 0 spiro atoms. The normalized spacial score (nSPS) is 12.7. The zero-order chi connectivity index (χ0) is 14.1. The summed E-state index contributed by atoms with van der Waals surface area (Å²) in [4.78, 5) is 16.7. The molecule has 1 aromatic carbocycles. The Labute approximate surface area is 120 Å². The third-order valence-electron chi connectivity index (χ3n) is 3.09. The maximum atomic E-state index is 12.2. The number of rotatable bonds is 4. The standard InChI is InChI=1S/C14H14N4OS/c1-18-8-9(7-16-18)14(15)11(19)6-13-17-10-4-2-3-5-12(10)20-13/h2-5,7-8,14H,6,15H2,1H3. The number of thiazole rings is 1. The number of carbonyl (C=O) groups excluding carboxylic acids is 1. The Morgan fingerprint density at radius 2 is 2.25 bits per heavy atom. The molecule has 0 saturated heterocycles. The van der Waals surface area contributed by atoms with E-state index in [9.17, 15) is 4.79 Å². The van der Waals surface area contributed by atoms with Gasteiger partial charge in [0.1, 0.15) is 5.01 Å². The van der Waals surface area contributed by atoms with E-state index in [-0.39, 0.29) is 12.2 Å². The fourth-order valence-electron chi connectivity index (χ4n) is 2.04. The first-order valence-electron chi connectivity index (χ1n) is 6.25. The first-order chi connectivity index (χ1) is 9.63. The van der Waals surface area contributed by atoms with Gasteiger partial charge in [-0.15, -0.1) is 11.3 Å². The number of hydrogen-bond donors (Lipinski definition) is 1. The van der Waals surface area contributed by atoms with E-state index in [1.807, 2.05) is 24.3 Å². The van der Waals surface area contributed by atoms with Gasteiger partial charge in [0, 0.05) is 18.8 Å². The molecule has 1 atom stereocenters. The van der Waals surface area contributed by atoms with E-state index in [4.69, 9.17) is 5.73 Å². The van der Waals surface area contributed by atoms with Gasteiger partial charge < -0.3 is 5.73 Å². The van der Waals surface area contributed by atoms with Gasteiger partial charge in [-0.2, -0.15) is 5.10 Å². The van der Waals surface area contributed by atoms with Crippen LogP contribution >= 0.6 is 11.3 Å². The molecule has 0 saturated carbocycles. The number of hydrogen-bond acceptors (Lipinski definition) is 5. The molecule has 102 valence electrons. The average molecular weight is 286 g/mol. The van der Waals surface area contributed by atoms with Crippen LogP contribution in [0.3, 0.4) is 0 Å². The van der Waals surface area contributed by atoms with Crippen LogP contribution in [0, 0.1) is 0 Å². The van der Waals surface area contributed by atoms with Crippen molar-refractivity contribution >= 4 is 27.3 Å². The molecule has 0 fully saturated rings. The maximum Gasteiger partial charge on any atom is 0.160 e. The molecule has 2 aromatic heterocycles. The number of aryl methyl sites for hydroxylation is 1. The molecule has 5 nitrogen and oxygen atoms in total. The number of benzene rings is 1. The molecule has 6 heteroatoms. The minimum absolute atomic E-state index is 0.0444. The smallest absolute Gasteiger partial charge is 0.160 e. The summed E-state index contributed by atoms with van der Waals surface area (Å²) < 4.78 is 2.73. The fourth-order valence-corrected chi connectivity index (χ4v) is 3.02. The third-order valence-corrected chi connectivity index (χ3v) is 4.13. The Kier molecular flexibility index (Phi) is 3.33. The van der Waals surface area contributed by atoms with Crippen molar-refractivity contribution in [3.63, 3.8) is 0 Å². The highest BCUT2D eigenvalue weighted by atomic mass is 32.1. The van der Waals surface area contributed by atoms with Crippen LogP contribution in [-0.4, -0.2) is 20.5 Å². The highest BCUT2D eigenvalue weighted by Crippen LogP contribution is 2.23. The van der Waals surface area contributed by atoms with Crippen molar-refractivity contribution in [3.05, 3.63) is 47.2 Å². The van der Waals surface area contributed by atoms with Gasteiger partial charge in [-0.25, -0.2) is 4.98 Å². The van der Waals surface area contributed by atoms with Gasteiger partial charge in [-0.05, 0) is 12.1 Å². The Morgan fingerprint density at radius 1 is 1.45 bits per heavy atom. The number of fused-ring (bicyclic) bond motifs is 1. The second kappa shape index (κ2) is 5.15. The highest BCUT2D eigenvalue weighted by molar-refractivity contribution is 7.18. The summed E-state index contributed by atoms with van der Waals surface area (Å²) in [6.45, 7) is 0. The van der Waals surface area contributed by atoms with E-state index in [2.05, 4.69) is 10.1 Å². The molecule has 0 bridgehead atoms. The van der Waals surface area contributed by atoms with Gasteiger partial charge in [0.25, 0.3) is 0 Å². The molecule has 2 heterocycles. The summed E-state index contributed by atoms with van der Waals surface area (Å²) >= 11 is 1.54. The van der Waals surface area contributed by atoms with Crippen LogP contribution in [0.25, 0.3) is 10.2 Å². The molecule has 0 aliphatic carbocycles. The van der Waals surface area contributed by atoms with Crippen LogP contribution in [-0.2, 0) is 18.3 Å². The van der Waals surface area contributed by atoms with Crippen LogP contribution in [0.4, 0.5) is 0 Å². The van der Waals surface area contributed by atoms with E-state index >= 15 is 0 Å². The van der Waals surface area contributed by atoms with Gasteiger partial charge in [0.2, 0.25) is 0 Å². The molecule has 0 radical (unpaired) electrons. The monoisotopic (exact) mass is 286 g/mol. The maximum absolute atomic E-state index is 12.2. The molecule has 1 unspecified atom stereocenters. The topological polar surface area (TPSA) is 73.8 Å². The van der Waals surface area contributed by atoms with Gasteiger partial charge in [0.05, 0.1) is 28.9 Å². The molecule has 3 rings (SSSR count). The number of nitrogens with zero attached hydrogens (tertiary/aromatic N) is 3. The predicted octanol–water partition coefficient (Wildman–Crippen LogP) is 1.84. The lowest BCUT2D eigenvalue weighted by atomic mass is 10.1. The molecule has 0 amide bonds. The fraction of sp³-hybridized carbons (Fsp3) is 0.214. The molecule has 3 aromatic rings. The Balaban J connectivity index is 1.78. The number of Topliss-reactive ketones (excluding diaryl/α,β-unsaturated/α-hetero) is 1. The molecular weight excluding hydrogens is 272 g/mol. The van der Waals surface area contributed by atoms with Crippen LogP contribution in [0.1, 0.15) is 16.6 Å². The number of carbonyl (C=O) groups is 1. The van der Waals surface area contributed by atoms with Crippen LogP contribution < -0.4 is 5.73 Å². The molecule has 20 heavy (non-hydrogen) atoms. The van der Waals surface area contributed by atoms with Crippen molar-refractivity contribution in [1.29, 1.82) is 0 Å². The number of aromatic nitrogens is 3. The summed E-state index contributed by atoms with van der Waals surface area (Å²) in [7, 11) is 1.80. The third kappa shape index (κ3) is 2.48. The summed E-state index contributed by atoms with van der Waals surface area (Å²) in [5.41, 5.74) is 7.63. The SMILES string of the molecule is Cn1cc(C(N)C(=O)Cc2nc3ccccc3s2)cn1. The quantitative estimate of drug-likeness (QED) is 0.794. The lowest BCUT2D eigenvalue weighted by molar-refractivity contribution is -0.119. The average Bonchev–Trinajstić information content (AvgIpc) is 3.03.